The molecule has 0 radical (unpaired) electrons. The Hall–Kier alpha value is -3.26. The van der Waals surface area contributed by atoms with Gasteiger partial charge in [0.05, 0.1) is 17.3 Å². The fourth-order valence-electron chi connectivity index (χ4n) is 3.78. The van der Waals surface area contributed by atoms with E-state index in [-0.39, 0.29) is 42.0 Å². The number of carbonyl (C=O) groups excluding carboxylic acids is 4. The van der Waals surface area contributed by atoms with Crippen LogP contribution in [0.5, 0.6) is 0 Å². The van der Waals surface area contributed by atoms with Crippen LogP contribution in [0.4, 0.5) is 0 Å². The summed E-state index contributed by atoms with van der Waals surface area (Å²) in [5, 5.41) is 2.50. The van der Waals surface area contributed by atoms with Gasteiger partial charge in [-0.3, -0.25) is 24.7 Å². The Bertz CT molecular complexity index is 1080. The van der Waals surface area contributed by atoms with E-state index >= 15 is 0 Å². The van der Waals surface area contributed by atoms with Crippen molar-refractivity contribution in [3.8, 4) is 11.3 Å². The van der Waals surface area contributed by atoms with E-state index in [1.165, 1.54) is 17.2 Å². The van der Waals surface area contributed by atoms with Crippen molar-refractivity contribution in [3.05, 3.63) is 52.2 Å². The van der Waals surface area contributed by atoms with Crippen molar-refractivity contribution in [2.45, 2.75) is 32.4 Å². The van der Waals surface area contributed by atoms with Crippen LogP contribution in [0.2, 0.25) is 5.02 Å². The largest absolute Gasteiger partial charge is 0.462 e. The Morgan fingerprint density at radius 1 is 1.30 bits per heavy atom. The lowest BCUT2D eigenvalue weighted by atomic mass is 10.0. The summed E-state index contributed by atoms with van der Waals surface area (Å²) in [7, 11) is 0. The Kier molecular flexibility index (Phi) is 5.26. The first-order valence-electron chi connectivity index (χ1n) is 9.50. The molecule has 0 spiro atoms. The number of fused-ring (bicyclic) bond motifs is 1. The molecular weight excluding hydrogens is 410 g/mol. The topological polar surface area (TPSA) is 106 Å². The van der Waals surface area contributed by atoms with Crippen molar-refractivity contribution in [2.24, 2.45) is 0 Å². The number of nitrogens with zero attached hydrogens (tertiary/aromatic N) is 2. The minimum atomic E-state index is -0.689. The number of hydrogen-bond donors (Lipinski definition) is 1. The van der Waals surface area contributed by atoms with Gasteiger partial charge in [0, 0.05) is 30.3 Å². The number of carbonyl (C=O) groups is 4. The molecule has 1 saturated heterocycles. The number of esters is 1. The second kappa shape index (κ2) is 7.87. The monoisotopic (exact) mass is 427 g/mol. The number of pyridine rings is 1. The average molecular weight is 428 g/mol. The lowest BCUT2D eigenvalue weighted by molar-refractivity contribution is -0.136. The van der Waals surface area contributed by atoms with E-state index in [1.54, 1.807) is 25.1 Å². The van der Waals surface area contributed by atoms with Crippen LogP contribution in [-0.4, -0.2) is 46.2 Å². The molecule has 3 heterocycles. The minimum absolute atomic E-state index is 0.160. The summed E-state index contributed by atoms with van der Waals surface area (Å²) in [5.74, 6) is -1.64. The summed E-state index contributed by atoms with van der Waals surface area (Å²) in [6, 6.07) is 5.92. The second-order valence-electron chi connectivity index (χ2n) is 7.01. The normalized spacial score (nSPS) is 18.3. The van der Waals surface area contributed by atoms with E-state index in [0.717, 1.165) is 0 Å². The molecule has 9 heteroatoms. The number of amides is 3. The lowest BCUT2D eigenvalue weighted by Crippen LogP contribution is -2.52. The highest BCUT2D eigenvalue weighted by atomic mass is 35.5. The second-order valence-corrected chi connectivity index (χ2v) is 7.42. The van der Waals surface area contributed by atoms with E-state index in [4.69, 9.17) is 16.3 Å². The van der Waals surface area contributed by atoms with Crippen LogP contribution >= 0.6 is 11.6 Å². The molecule has 8 nitrogen and oxygen atoms in total. The van der Waals surface area contributed by atoms with Crippen molar-refractivity contribution in [2.75, 3.05) is 6.61 Å². The number of benzene rings is 1. The predicted octanol–water partition coefficient (Wildman–Crippen LogP) is 2.34. The molecule has 4 rings (SSSR count). The summed E-state index contributed by atoms with van der Waals surface area (Å²) < 4.78 is 5.10. The van der Waals surface area contributed by atoms with Crippen molar-refractivity contribution in [1.29, 1.82) is 0 Å². The predicted molar refractivity (Wildman–Crippen MR) is 107 cm³/mol. The molecule has 2 aromatic rings. The van der Waals surface area contributed by atoms with Gasteiger partial charge >= 0.3 is 5.97 Å². The maximum absolute atomic E-state index is 12.8. The number of rotatable bonds is 4. The highest BCUT2D eigenvalue weighted by molar-refractivity contribution is 6.34. The Morgan fingerprint density at radius 3 is 2.83 bits per heavy atom. The first kappa shape index (κ1) is 20.0. The number of piperidine rings is 1. The summed E-state index contributed by atoms with van der Waals surface area (Å²) in [6.45, 7) is 2.12. The summed E-state index contributed by atoms with van der Waals surface area (Å²) in [4.78, 5) is 54.6. The zero-order valence-electron chi connectivity index (χ0n) is 16.1. The molecule has 1 unspecified atom stereocenters. The number of aromatic nitrogens is 1. The fourth-order valence-corrected chi connectivity index (χ4v) is 4.00. The number of ether oxygens (including phenoxy) is 1. The van der Waals surface area contributed by atoms with Crippen LogP contribution in [-0.2, 0) is 20.9 Å². The molecule has 2 aliphatic heterocycles. The lowest BCUT2D eigenvalue weighted by Gasteiger charge is -2.29. The Balaban J connectivity index is 1.68. The first-order chi connectivity index (χ1) is 14.4. The zero-order chi connectivity index (χ0) is 21.4. The van der Waals surface area contributed by atoms with Gasteiger partial charge in [0.1, 0.15) is 11.6 Å². The maximum Gasteiger partial charge on any atom is 0.341 e. The van der Waals surface area contributed by atoms with Crippen LogP contribution in [0.3, 0.4) is 0 Å². The standard InChI is InChI=1S/C21H18ClN3O5/c1-2-30-21(29)17-14(22)7-8-23-18(17)11-3-4-13-12(9-11)10-25(20(13)28)15-5-6-16(26)24-19(15)27/h3-4,7-9,15H,2,5-6,10H2,1H3,(H,24,26,27). The zero-order valence-corrected chi connectivity index (χ0v) is 16.9. The van der Waals surface area contributed by atoms with E-state index in [9.17, 15) is 19.2 Å². The summed E-state index contributed by atoms with van der Waals surface area (Å²) in [6.07, 6.45) is 1.98. The number of imide groups is 1. The van der Waals surface area contributed by atoms with Crippen LogP contribution < -0.4 is 5.32 Å². The van der Waals surface area contributed by atoms with Gasteiger partial charge in [0.2, 0.25) is 11.8 Å². The molecule has 2 aliphatic rings. The van der Waals surface area contributed by atoms with Gasteiger partial charge in [-0.2, -0.15) is 0 Å². The SMILES string of the molecule is CCOC(=O)c1c(Cl)ccnc1-c1ccc2c(c1)CN(C1CCC(=O)NC1=O)C2=O. The number of nitrogens with one attached hydrogen (secondary N) is 1. The quantitative estimate of drug-likeness (QED) is 0.593. The van der Waals surface area contributed by atoms with Crippen molar-refractivity contribution >= 4 is 35.3 Å². The molecular formula is C21H18ClN3O5. The van der Waals surface area contributed by atoms with Crippen molar-refractivity contribution < 1.29 is 23.9 Å². The molecule has 30 heavy (non-hydrogen) atoms. The summed E-state index contributed by atoms with van der Waals surface area (Å²) in [5.41, 5.74) is 2.31. The van der Waals surface area contributed by atoms with Gasteiger partial charge in [-0.1, -0.05) is 17.7 Å². The molecule has 0 saturated carbocycles. The number of hydrogen-bond acceptors (Lipinski definition) is 6. The van der Waals surface area contributed by atoms with E-state index in [0.29, 0.717) is 28.8 Å². The third-order valence-electron chi connectivity index (χ3n) is 5.18. The third-order valence-corrected chi connectivity index (χ3v) is 5.49. The van der Waals surface area contributed by atoms with E-state index in [2.05, 4.69) is 10.3 Å². The molecule has 0 aliphatic carbocycles. The van der Waals surface area contributed by atoms with Crippen LogP contribution in [0.15, 0.2) is 30.5 Å². The fraction of sp³-hybridized carbons (Fsp3) is 0.286. The molecule has 0 bridgehead atoms. The Morgan fingerprint density at radius 2 is 2.10 bits per heavy atom. The average Bonchev–Trinajstić information content (AvgIpc) is 3.03. The minimum Gasteiger partial charge on any atom is -0.462 e. The molecule has 3 amide bonds. The molecule has 1 atom stereocenters. The van der Waals surface area contributed by atoms with Gasteiger partial charge in [-0.25, -0.2) is 4.79 Å². The molecule has 1 aromatic carbocycles. The van der Waals surface area contributed by atoms with Crippen LogP contribution in [0.25, 0.3) is 11.3 Å². The van der Waals surface area contributed by atoms with Crippen molar-refractivity contribution in [3.63, 3.8) is 0 Å². The Labute approximate surface area is 177 Å². The summed E-state index contributed by atoms with van der Waals surface area (Å²) >= 11 is 6.23. The molecule has 1 N–H and O–H groups in total. The smallest absolute Gasteiger partial charge is 0.341 e. The molecule has 1 aromatic heterocycles. The molecule has 154 valence electrons. The maximum atomic E-state index is 12.8. The van der Waals surface area contributed by atoms with E-state index < -0.39 is 17.9 Å². The highest BCUT2D eigenvalue weighted by Gasteiger charge is 2.39. The molecule has 1 fully saturated rings. The van der Waals surface area contributed by atoms with E-state index in [1.807, 2.05) is 0 Å². The highest BCUT2D eigenvalue weighted by Crippen LogP contribution is 2.33. The van der Waals surface area contributed by atoms with Crippen LogP contribution in [0, 0.1) is 0 Å². The third kappa shape index (κ3) is 3.43. The van der Waals surface area contributed by atoms with Gasteiger partial charge in [0.15, 0.2) is 0 Å². The van der Waals surface area contributed by atoms with Gasteiger partial charge in [-0.15, -0.1) is 0 Å². The van der Waals surface area contributed by atoms with Crippen LogP contribution in [0.1, 0.15) is 46.0 Å². The van der Waals surface area contributed by atoms with Gasteiger partial charge < -0.3 is 9.64 Å². The number of halogens is 1. The van der Waals surface area contributed by atoms with Crippen molar-refractivity contribution in [1.82, 2.24) is 15.2 Å². The van der Waals surface area contributed by atoms with Gasteiger partial charge in [0.25, 0.3) is 5.91 Å². The van der Waals surface area contributed by atoms with Gasteiger partial charge in [-0.05, 0) is 37.1 Å². The first-order valence-corrected chi connectivity index (χ1v) is 9.88.